The molecule has 0 aliphatic heterocycles. The number of rotatable bonds is 5. The number of nitrogens with zero attached hydrogens (tertiary/aromatic N) is 2. The predicted octanol–water partition coefficient (Wildman–Crippen LogP) is 7.93. The lowest BCUT2D eigenvalue weighted by molar-refractivity contribution is -0.112. The maximum absolute atomic E-state index is 12.7. The number of aromatic nitrogens is 2. The molecule has 0 atom stereocenters. The number of alkyl halides is 3. The first-order valence-electron chi connectivity index (χ1n) is 10.5. The number of hydrogen-bond donors (Lipinski definition) is 1. The second-order valence-electron chi connectivity index (χ2n) is 7.10. The van der Waals surface area contributed by atoms with Gasteiger partial charge in [-0.1, -0.05) is 50.2 Å². The quantitative estimate of drug-likeness (QED) is 0.293. The Labute approximate surface area is 201 Å². The maximum atomic E-state index is 12.7. The van der Waals surface area contributed by atoms with E-state index < -0.39 is 17.7 Å². The van der Waals surface area contributed by atoms with Crippen LogP contribution in [-0.4, -0.2) is 22.1 Å². The molecule has 34 heavy (non-hydrogen) atoms. The lowest BCUT2D eigenvalue weighted by Gasteiger charge is -2.12. The molecule has 1 aromatic heterocycles. The highest BCUT2D eigenvalue weighted by Gasteiger charge is 2.29. The monoisotopic (exact) mass is 487 g/mol. The van der Waals surface area contributed by atoms with E-state index in [1.807, 2.05) is 38.1 Å². The Kier molecular flexibility index (Phi) is 9.15. The summed E-state index contributed by atoms with van der Waals surface area (Å²) in [6.07, 6.45) is -0.939. The lowest BCUT2D eigenvalue weighted by atomic mass is 10.1. The van der Waals surface area contributed by atoms with Crippen LogP contribution in [0.4, 0.5) is 18.9 Å². The molecule has 0 spiro atoms. The molecule has 0 radical (unpaired) electrons. The number of halogens is 4. The Hall–Kier alpha value is -3.45. The average molecular weight is 488 g/mol. The summed E-state index contributed by atoms with van der Waals surface area (Å²) in [5.41, 5.74) is 2.41. The van der Waals surface area contributed by atoms with E-state index in [9.17, 15) is 18.0 Å². The molecule has 3 aromatic rings. The Bertz CT molecular complexity index is 1260. The molecule has 0 aliphatic carbocycles. The summed E-state index contributed by atoms with van der Waals surface area (Å²) in [6.45, 7) is 10.2. The van der Waals surface area contributed by atoms with Gasteiger partial charge in [-0.05, 0) is 55.8 Å². The number of allylic oxidation sites excluding steroid dienone is 3. The zero-order valence-electron chi connectivity index (χ0n) is 19.3. The molecule has 0 aliphatic rings. The van der Waals surface area contributed by atoms with Gasteiger partial charge in [-0.3, -0.25) is 9.78 Å². The highest BCUT2D eigenvalue weighted by atomic mass is 35.5. The molecule has 1 amide bonds. The van der Waals surface area contributed by atoms with Gasteiger partial charge in [0.1, 0.15) is 0 Å². The molecule has 2 aromatic carbocycles. The first kappa shape index (κ1) is 26.8. The fourth-order valence-electron chi connectivity index (χ4n) is 2.80. The lowest BCUT2D eigenvalue weighted by Crippen LogP contribution is -2.15. The number of carbonyl (C=O) groups is 1. The summed E-state index contributed by atoms with van der Waals surface area (Å²) < 4.78 is 38.2. The van der Waals surface area contributed by atoms with Crippen molar-refractivity contribution < 1.29 is 18.0 Å². The van der Waals surface area contributed by atoms with Crippen LogP contribution < -0.4 is 5.32 Å². The molecular weight excluding hydrogens is 463 g/mol. The van der Waals surface area contributed by atoms with Crippen molar-refractivity contribution in [3.05, 3.63) is 89.1 Å². The van der Waals surface area contributed by atoms with E-state index in [0.717, 1.165) is 24.6 Å². The van der Waals surface area contributed by atoms with Crippen LogP contribution in [0.25, 0.3) is 22.3 Å². The van der Waals surface area contributed by atoms with Crippen molar-refractivity contribution in [3.63, 3.8) is 0 Å². The van der Waals surface area contributed by atoms with Crippen LogP contribution in [0, 0.1) is 0 Å². The van der Waals surface area contributed by atoms with Gasteiger partial charge < -0.3 is 5.32 Å². The van der Waals surface area contributed by atoms with Gasteiger partial charge in [0.05, 0.1) is 27.9 Å². The van der Waals surface area contributed by atoms with E-state index >= 15 is 0 Å². The molecule has 0 saturated carbocycles. The van der Waals surface area contributed by atoms with E-state index in [-0.39, 0.29) is 5.57 Å². The van der Waals surface area contributed by atoms with Crippen molar-refractivity contribution >= 4 is 34.2 Å². The minimum absolute atomic E-state index is 0.0237. The van der Waals surface area contributed by atoms with Crippen molar-refractivity contribution in [3.8, 4) is 11.3 Å². The summed E-state index contributed by atoms with van der Waals surface area (Å²) in [4.78, 5) is 21.6. The molecule has 8 heteroatoms. The van der Waals surface area contributed by atoms with Crippen molar-refractivity contribution in [2.45, 2.75) is 33.9 Å². The molecular formula is C26H25ClF3N3O. The second-order valence-corrected chi connectivity index (χ2v) is 7.51. The van der Waals surface area contributed by atoms with Crippen LogP contribution in [0.2, 0.25) is 5.02 Å². The van der Waals surface area contributed by atoms with E-state index in [2.05, 4.69) is 21.9 Å². The predicted molar refractivity (Wildman–Crippen MR) is 133 cm³/mol. The number of nitrogens with one attached hydrogen (secondary N) is 1. The third-order valence-corrected chi connectivity index (χ3v) is 4.93. The Morgan fingerprint density at radius 3 is 2.32 bits per heavy atom. The summed E-state index contributed by atoms with van der Waals surface area (Å²) in [5, 5.41) is 3.08. The van der Waals surface area contributed by atoms with Crippen LogP contribution in [-0.2, 0) is 4.79 Å². The molecule has 3 rings (SSSR count). The van der Waals surface area contributed by atoms with E-state index in [4.69, 9.17) is 11.6 Å². The van der Waals surface area contributed by atoms with Crippen LogP contribution >= 0.6 is 11.6 Å². The molecule has 1 heterocycles. The summed E-state index contributed by atoms with van der Waals surface area (Å²) in [6, 6.07) is 12.2. The zero-order valence-corrected chi connectivity index (χ0v) is 20.1. The van der Waals surface area contributed by atoms with Gasteiger partial charge in [0.15, 0.2) is 0 Å². The second kappa shape index (κ2) is 11.6. The number of para-hydroxylation sites is 2. The number of amides is 1. The third kappa shape index (κ3) is 6.78. The van der Waals surface area contributed by atoms with Gasteiger partial charge >= 0.3 is 6.18 Å². The topological polar surface area (TPSA) is 54.9 Å². The van der Waals surface area contributed by atoms with E-state index in [1.54, 1.807) is 31.3 Å². The van der Waals surface area contributed by atoms with Crippen molar-refractivity contribution in [2.75, 3.05) is 5.32 Å². The Balaban J connectivity index is 0.00000199. The smallest absolute Gasteiger partial charge is 0.322 e. The SMILES string of the molecule is C=C(C)/C(=C\C=C(/C)C(F)(F)F)C(=O)Nc1ccc(Cl)c(-c2cnc3ccccc3n2)c1.CC. The minimum atomic E-state index is -4.47. The number of hydrogen-bond acceptors (Lipinski definition) is 3. The van der Waals surface area contributed by atoms with Gasteiger partial charge in [-0.15, -0.1) is 0 Å². The molecule has 0 fully saturated rings. The first-order valence-corrected chi connectivity index (χ1v) is 10.9. The first-order chi connectivity index (χ1) is 16.1. The molecule has 0 saturated heterocycles. The highest BCUT2D eigenvalue weighted by molar-refractivity contribution is 6.33. The average Bonchev–Trinajstić information content (AvgIpc) is 2.80. The Morgan fingerprint density at radius 1 is 1.06 bits per heavy atom. The summed E-state index contributed by atoms with van der Waals surface area (Å²) >= 11 is 6.34. The van der Waals surface area contributed by atoms with Crippen LogP contribution in [0.5, 0.6) is 0 Å². The molecule has 4 nitrogen and oxygen atoms in total. The Morgan fingerprint density at radius 2 is 1.71 bits per heavy atom. The number of carbonyl (C=O) groups excluding carboxylic acids is 1. The molecule has 0 bridgehead atoms. The number of anilines is 1. The molecule has 1 N–H and O–H groups in total. The summed E-state index contributed by atoms with van der Waals surface area (Å²) in [5.74, 6) is -0.596. The van der Waals surface area contributed by atoms with Gasteiger partial charge in [0.25, 0.3) is 5.91 Å². The molecule has 0 unspecified atom stereocenters. The minimum Gasteiger partial charge on any atom is -0.322 e. The van der Waals surface area contributed by atoms with Crippen LogP contribution in [0.15, 0.2) is 84.1 Å². The highest BCUT2D eigenvalue weighted by Crippen LogP contribution is 2.30. The van der Waals surface area contributed by atoms with Crippen LogP contribution in [0.3, 0.4) is 0 Å². The third-order valence-electron chi connectivity index (χ3n) is 4.60. The summed E-state index contributed by atoms with van der Waals surface area (Å²) in [7, 11) is 0. The van der Waals surface area contributed by atoms with Crippen molar-refractivity contribution in [1.29, 1.82) is 0 Å². The van der Waals surface area contributed by atoms with E-state index in [1.165, 1.54) is 0 Å². The standard InChI is InChI=1S/C24H19ClF3N3O.C2H6/c1-14(2)17(10-8-15(3)24(26,27)28)23(32)30-16-9-11-19(25)18(12-16)22-13-29-20-6-4-5-7-21(20)31-22;1-2/h4-13H,1H2,2-3H3,(H,30,32);1-2H3/b15-8+,17-10+;. The largest absolute Gasteiger partial charge is 0.412 e. The van der Waals surface area contributed by atoms with Gasteiger partial charge in [-0.2, -0.15) is 13.2 Å². The van der Waals surface area contributed by atoms with Crippen molar-refractivity contribution in [2.24, 2.45) is 0 Å². The molecule has 178 valence electrons. The normalized spacial score (nSPS) is 12.1. The van der Waals surface area contributed by atoms with Crippen molar-refractivity contribution in [1.82, 2.24) is 9.97 Å². The number of fused-ring (bicyclic) bond motifs is 1. The van der Waals surface area contributed by atoms with E-state index in [0.29, 0.717) is 33.1 Å². The van der Waals surface area contributed by atoms with Gasteiger partial charge in [0, 0.05) is 22.4 Å². The maximum Gasteiger partial charge on any atom is 0.412 e. The van der Waals surface area contributed by atoms with Gasteiger partial charge in [-0.25, -0.2) is 4.98 Å². The zero-order chi connectivity index (χ0) is 25.5. The fourth-order valence-corrected chi connectivity index (χ4v) is 3.01. The van der Waals surface area contributed by atoms with Gasteiger partial charge in [0.2, 0.25) is 0 Å². The number of benzene rings is 2. The fraction of sp³-hybridized carbons (Fsp3) is 0.192. The van der Waals surface area contributed by atoms with Crippen LogP contribution in [0.1, 0.15) is 27.7 Å².